The highest BCUT2D eigenvalue weighted by Crippen LogP contribution is 2.37. The fourth-order valence-corrected chi connectivity index (χ4v) is 2.81. The Balaban J connectivity index is 4.59. The Hall–Kier alpha value is -0.0800. The van der Waals surface area contributed by atoms with Gasteiger partial charge in [0.1, 0.15) is 0 Å². The third kappa shape index (κ3) is 4.89. The maximum atomic E-state index is 10.8. The van der Waals surface area contributed by atoms with Gasteiger partial charge in [-0.3, -0.25) is 0 Å². The van der Waals surface area contributed by atoms with E-state index in [-0.39, 0.29) is 0 Å². The lowest BCUT2D eigenvalue weighted by atomic mass is 9.73. The number of unbranched alkanes of at least 4 members (excludes halogenated alkanes) is 4. The van der Waals surface area contributed by atoms with Gasteiger partial charge in [-0.25, -0.2) is 0 Å². The van der Waals surface area contributed by atoms with Crippen LogP contribution in [0.15, 0.2) is 0 Å². The minimum absolute atomic E-state index is 0.646. The third-order valence-electron chi connectivity index (χ3n) is 4.42. The fraction of sp³-hybridized carbons (Fsp3) is 1.00. The zero-order chi connectivity index (χ0) is 14.1. The highest BCUT2D eigenvalue weighted by Gasteiger charge is 2.45. The van der Waals surface area contributed by atoms with Gasteiger partial charge >= 0.3 is 0 Å². The summed E-state index contributed by atoms with van der Waals surface area (Å²) < 4.78 is 0. The van der Waals surface area contributed by atoms with Crippen LogP contribution >= 0.6 is 0 Å². The molecule has 0 bridgehead atoms. The molecule has 110 valence electrons. The molecule has 0 aliphatic rings. The first-order valence-electron chi connectivity index (χ1n) is 7.94. The van der Waals surface area contributed by atoms with Crippen molar-refractivity contribution in [3.63, 3.8) is 0 Å². The van der Waals surface area contributed by atoms with Crippen LogP contribution in [0.25, 0.3) is 0 Å². The summed E-state index contributed by atoms with van der Waals surface area (Å²) in [5.41, 5.74) is -1.80. The lowest BCUT2D eigenvalue weighted by Gasteiger charge is -2.43. The number of aliphatic hydroxyl groups is 2. The molecular formula is C16H34O2. The van der Waals surface area contributed by atoms with Crippen molar-refractivity contribution < 1.29 is 10.2 Å². The fourth-order valence-electron chi connectivity index (χ4n) is 2.81. The normalized spacial score (nSPS) is 18.3. The smallest absolute Gasteiger partial charge is 0.0930 e. The summed E-state index contributed by atoms with van der Waals surface area (Å²) in [5.74, 6) is 0. The molecule has 0 saturated heterocycles. The number of rotatable bonds is 11. The molecule has 0 rings (SSSR count). The molecule has 0 aliphatic carbocycles. The van der Waals surface area contributed by atoms with Gasteiger partial charge in [-0.15, -0.1) is 0 Å². The SMILES string of the molecule is CCCCCC(O)(CC)C(O)(CC)CCCCC. The average Bonchev–Trinajstić information content (AvgIpc) is 2.38. The number of hydrogen-bond acceptors (Lipinski definition) is 2. The van der Waals surface area contributed by atoms with E-state index in [9.17, 15) is 10.2 Å². The van der Waals surface area contributed by atoms with Gasteiger partial charge < -0.3 is 10.2 Å². The van der Waals surface area contributed by atoms with Crippen LogP contribution in [-0.4, -0.2) is 21.4 Å². The zero-order valence-corrected chi connectivity index (χ0v) is 13.0. The monoisotopic (exact) mass is 258 g/mol. The molecule has 0 radical (unpaired) electrons. The average molecular weight is 258 g/mol. The predicted molar refractivity (Wildman–Crippen MR) is 78.8 cm³/mol. The Morgan fingerprint density at radius 2 is 0.944 bits per heavy atom. The summed E-state index contributed by atoms with van der Waals surface area (Å²) in [7, 11) is 0. The van der Waals surface area contributed by atoms with Crippen LogP contribution in [0.3, 0.4) is 0 Å². The third-order valence-corrected chi connectivity index (χ3v) is 4.42. The van der Waals surface area contributed by atoms with Crippen LogP contribution in [0.5, 0.6) is 0 Å². The largest absolute Gasteiger partial charge is 0.387 e. The molecule has 0 saturated carbocycles. The van der Waals surface area contributed by atoms with Crippen molar-refractivity contribution in [1.82, 2.24) is 0 Å². The van der Waals surface area contributed by atoms with Gasteiger partial charge in [0.15, 0.2) is 0 Å². The van der Waals surface area contributed by atoms with Crippen LogP contribution < -0.4 is 0 Å². The van der Waals surface area contributed by atoms with E-state index in [4.69, 9.17) is 0 Å². The van der Waals surface area contributed by atoms with Crippen molar-refractivity contribution >= 4 is 0 Å². The van der Waals surface area contributed by atoms with Crippen LogP contribution in [0.2, 0.25) is 0 Å². The molecule has 0 aromatic rings. The molecule has 2 N–H and O–H groups in total. The predicted octanol–water partition coefficient (Wildman–Crippen LogP) is 4.43. The Kier molecular flexibility index (Phi) is 8.89. The van der Waals surface area contributed by atoms with Crippen molar-refractivity contribution in [3.8, 4) is 0 Å². The molecule has 0 aromatic carbocycles. The molecule has 0 spiro atoms. The summed E-state index contributed by atoms with van der Waals surface area (Å²) in [4.78, 5) is 0. The van der Waals surface area contributed by atoms with Crippen LogP contribution in [0.1, 0.15) is 91.9 Å². The van der Waals surface area contributed by atoms with E-state index in [0.29, 0.717) is 12.8 Å². The Labute approximate surface area is 114 Å². The Morgan fingerprint density at radius 1 is 0.611 bits per heavy atom. The van der Waals surface area contributed by atoms with Crippen molar-refractivity contribution in [2.45, 2.75) is 103 Å². The second-order valence-electron chi connectivity index (χ2n) is 5.68. The van der Waals surface area contributed by atoms with Gasteiger partial charge in [0.2, 0.25) is 0 Å². The summed E-state index contributed by atoms with van der Waals surface area (Å²) in [6.45, 7) is 8.31. The van der Waals surface area contributed by atoms with Gasteiger partial charge in [0, 0.05) is 0 Å². The standard InChI is InChI=1S/C16H34O2/c1-5-9-11-13-15(17,7-3)16(18,8-4)14-12-10-6-2/h17-18H,5-14H2,1-4H3. The number of hydrogen-bond donors (Lipinski definition) is 2. The molecule has 0 aromatic heterocycles. The highest BCUT2D eigenvalue weighted by molar-refractivity contribution is 4.98. The van der Waals surface area contributed by atoms with E-state index in [1.165, 1.54) is 0 Å². The first-order valence-corrected chi connectivity index (χ1v) is 7.94. The maximum absolute atomic E-state index is 10.8. The molecule has 0 heterocycles. The van der Waals surface area contributed by atoms with E-state index in [0.717, 1.165) is 51.4 Å². The van der Waals surface area contributed by atoms with Crippen molar-refractivity contribution in [2.24, 2.45) is 0 Å². The van der Waals surface area contributed by atoms with Gasteiger partial charge in [-0.05, 0) is 25.7 Å². The second kappa shape index (κ2) is 8.92. The lowest BCUT2D eigenvalue weighted by molar-refractivity contribution is -0.165. The Morgan fingerprint density at radius 3 is 1.17 bits per heavy atom. The quantitative estimate of drug-likeness (QED) is 0.538. The van der Waals surface area contributed by atoms with Crippen molar-refractivity contribution in [2.75, 3.05) is 0 Å². The minimum atomic E-state index is -0.898. The van der Waals surface area contributed by atoms with E-state index in [2.05, 4.69) is 13.8 Å². The van der Waals surface area contributed by atoms with Gasteiger partial charge in [-0.1, -0.05) is 66.2 Å². The zero-order valence-electron chi connectivity index (χ0n) is 13.0. The Bertz CT molecular complexity index is 183. The van der Waals surface area contributed by atoms with Crippen molar-refractivity contribution in [1.29, 1.82) is 0 Å². The lowest BCUT2D eigenvalue weighted by Crippen LogP contribution is -2.53. The molecule has 0 aliphatic heterocycles. The van der Waals surface area contributed by atoms with Crippen LogP contribution in [0.4, 0.5) is 0 Å². The van der Waals surface area contributed by atoms with E-state index >= 15 is 0 Å². The molecule has 2 unspecified atom stereocenters. The first-order chi connectivity index (χ1) is 8.49. The highest BCUT2D eigenvalue weighted by atomic mass is 16.4. The second-order valence-corrected chi connectivity index (χ2v) is 5.68. The topological polar surface area (TPSA) is 40.5 Å². The molecule has 0 fully saturated rings. The van der Waals surface area contributed by atoms with Crippen LogP contribution in [0, 0.1) is 0 Å². The molecule has 2 heteroatoms. The summed E-state index contributed by atoms with van der Waals surface area (Å²) in [6.07, 6.45) is 9.35. The van der Waals surface area contributed by atoms with E-state index < -0.39 is 11.2 Å². The van der Waals surface area contributed by atoms with E-state index in [1.807, 2.05) is 13.8 Å². The maximum Gasteiger partial charge on any atom is 0.0930 e. The van der Waals surface area contributed by atoms with Gasteiger partial charge in [0.25, 0.3) is 0 Å². The molecule has 2 atom stereocenters. The first kappa shape index (κ1) is 17.9. The van der Waals surface area contributed by atoms with Gasteiger partial charge in [0.05, 0.1) is 11.2 Å². The molecule has 0 amide bonds. The van der Waals surface area contributed by atoms with E-state index in [1.54, 1.807) is 0 Å². The molecule has 2 nitrogen and oxygen atoms in total. The molecule has 18 heavy (non-hydrogen) atoms. The van der Waals surface area contributed by atoms with Gasteiger partial charge in [-0.2, -0.15) is 0 Å². The summed E-state index contributed by atoms with van der Waals surface area (Å²) in [6, 6.07) is 0. The minimum Gasteiger partial charge on any atom is -0.387 e. The van der Waals surface area contributed by atoms with Crippen LogP contribution in [-0.2, 0) is 0 Å². The summed E-state index contributed by atoms with van der Waals surface area (Å²) >= 11 is 0. The van der Waals surface area contributed by atoms with Crippen molar-refractivity contribution in [3.05, 3.63) is 0 Å². The summed E-state index contributed by atoms with van der Waals surface area (Å²) in [5, 5.41) is 21.6. The molecular weight excluding hydrogens is 224 g/mol.